The molecule has 0 aliphatic heterocycles. The fourth-order valence-electron chi connectivity index (χ4n) is 2.73. The van der Waals surface area contributed by atoms with E-state index >= 15 is 0 Å². The topological polar surface area (TPSA) is 46.5 Å². The molecule has 1 unspecified atom stereocenters. The minimum Gasteiger partial charge on any atom is -0.450 e. The molecule has 1 atom stereocenters. The van der Waals surface area contributed by atoms with Gasteiger partial charge >= 0.3 is 6.16 Å². The third-order valence-corrected chi connectivity index (χ3v) is 3.83. The van der Waals surface area contributed by atoms with Gasteiger partial charge in [-0.2, -0.15) is 0 Å². The fraction of sp³-hybridized carbons (Fsp3) is 0.611. The van der Waals surface area contributed by atoms with Gasteiger partial charge in [0.15, 0.2) is 0 Å². The van der Waals surface area contributed by atoms with Gasteiger partial charge in [-0.1, -0.05) is 69.4 Å². The van der Waals surface area contributed by atoms with E-state index in [1.807, 2.05) is 0 Å². The maximum Gasteiger partial charge on any atom is 0.505 e. The van der Waals surface area contributed by atoms with Crippen molar-refractivity contribution in [1.29, 1.82) is 0 Å². The van der Waals surface area contributed by atoms with Crippen LogP contribution in [0.3, 0.4) is 0 Å². The van der Waals surface area contributed by atoms with Crippen molar-refractivity contribution in [1.82, 2.24) is 0 Å². The van der Waals surface area contributed by atoms with Crippen molar-refractivity contribution in [3.63, 3.8) is 0 Å². The van der Waals surface area contributed by atoms with Gasteiger partial charge in [0, 0.05) is 0 Å². The Kier molecular flexibility index (Phi) is 9.34. The maximum absolute atomic E-state index is 10.2. The van der Waals surface area contributed by atoms with Gasteiger partial charge in [-0.3, -0.25) is 0 Å². The molecule has 1 N–H and O–H groups in total. The van der Waals surface area contributed by atoms with Crippen LogP contribution in [-0.4, -0.2) is 17.9 Å². The molecule has 0 spiro atoms. The molecule has 118 valence electrons. The number of hydrogen-bond donors (Lipinski definition) is 1. The lowest BCUT2D eigenvalue weighted by molar-refractivity contribution is 0.0899. The number of hydrogen-bond acceptors (Lipinski definition) is 2. The molecule has 1 aromatic rings. The van der Waals surface area contributed by atoms with Crippen molar-refractivity contribution in [2.75, 3.05) is 6.61 Å². The molecule has 1 aromatic carbocycles. The van der Waals surface area contributed by atoms with E-state index in [2.05, 4.69) is 42.0 Å². The van der Waals surface area contributed by atoms with Crippen LogP contribution in [-0.2, 0) is 4.74 Å². The Labute approximate surface area is 128 Å². The number of benzene rings is 1. The van der Waals surface area contributed by atoms with Crippen molar-refractivity contribution >= 4 is 6.16 Å². The lowest BCUT2D eigenvalue weighted by Crippen LogP contribution is -2.01. The first-order valence-electron chi connectivity index (χ1n) is 8.14. The normalized spacial score (nSPS) is 12.0. The minimum atomic E-state index is -1.17. The highest BCUT2D eigenvalue weighted by Gasteiger charge is 2.09. The number of unbranched alkanes of at least 4 members (excludes halogenated alkanes) is 4. The molecule has 3 heteroatoms. The predicted molar refractivity (Wildman–Crippen MR) is 85.8 cm³/mol. The number of ether oxygens (including phenoxy) is 1. The lowest BCUT2D eigenvalue weighted by Gasteiger charge is -2.16. The number of carbonyl (C=O) groups is 1. The smallest absolute Gasteiger partial charge is 0.450 e. The summed E-state index contributed by atoms with van der Waals surface area (Å²) in [6.07, 6.45) is 8.10. The number of rotatable bonds is 11. The Morgan fingerprint density at radius 1 is 1.05 bits per heavy atom. The van der Waals surface area contributed by atoms with Gasteiger partial charge in [-0.05, 0) is 30.7 Å². The molecule has 0 aliphatic carbocycles. The second-order valence-electron chi connectivity index (χ2n) is 5.57. The van der Waals surface area contributed by atoms with Crippen LogP contribution >= 0.6 is 0 Å². The van der Waals surface area contributed by atoms with Gasteiger partial charge in [0.1, 0.15) is 0 Å². The van der Waals surface area contributed by atoms with E-state index in [0.717, 1.165) is 19.3 Å². The zero-order valence-corrected chi connectivity index (χ0v) is 13.1. The minimum absolute atomic E-state index is 0.331. The molecule has 0 aliphatic rings. The van der Waals surface area contributed by atoms with Crippen LogP contribution in [0, 0.1) is 0 Å². The summed E-state index contributed by atoms with van der Waals surface area (Å²) < 4.78 is 4.49. The summed E-state index contributed by atoms with van der Waals surface area (Å²) in [6.45, 7) is 2.58. The Balaban J connectivity index is 2.13. The van der Waals surface area contributed by atoms with E-state index in [-0.39, 0.29) is 0 Å². The van der Waals surface area contributed by atoms with Crippen molar-refractivity contribution in [2.24, 2.45) is 0 Å². The average Bonchev–Trinajstić information content (AvgIpc) is 2.49. The maximum atomic E-state index is 10.2. The first-order valence-corrected chi connectivity index (χ1v) is 8.14. The Morgan fingerprint density at radius 3 is 2.38 bits per heavy atom. The molecule has 0 saturated carbocycles. The summed E-state index contributed by atoms with van der Waals surface area (Å²) in [4.78, 5) is 10.2. The largest absolute Gasteiger partial charge is 0.505 e. The van der Waals surface area contributed by atoms with Crippen molar-refractivity contribution in [2.45, 2.75) is 64.2 Å². The van der Waals surface area contributed by atoms with E-state index in [1.54, 1.807) is 0 Å². The lowest BCUT2D eigenvalue weighted by atomic mass is 9.89. The Morgan fingerprint density at radius 2 is 1.71 bits per heavy atom. The molecule has 3 nitrogen and oxygen atoms in total. The zero-order valence-electron chi connectivity index (χ0n) is 13.1. The van der Waals surface area contributed by atoms with Gasteiger partial charge in [-0.25, -0.2) is 4.79 Å². The Bertz CT molecular complexity index is 375. The molecule has 0 saturated heterocycles. The number of carboxylic acid groups (broad SMARTS) is 1. The van der Waals surface area contributed by atoms with E-state index in [9.17, 15) is 4.79 Å². The molecule has 0 heterocycles. The van der Waals surface area contributed by atoms with Crippen molar-refractivity contribution in [3.8, 4) is 0 Å². The molecule has 0 fully saturated rings. The van der Waals surface area contributed by atoms with Gasteiger partial charge < -0.3 is 9.84 Å². The standard InChI is InChI=1S/C18H28O3/c1-2-11-16(17-13-8-6-9-14-17)12-7-4-3-5-10-15-21-18(19)20/h6,8-9,13-14,16H,2-5,7,10-12,15H2,1H3,(H,19,20). The molecular weight excluding hydrogens is 264 g/mol. The zero-order chi connectivity index (χ0) is 15.3. The van der Waals surface area contributed by atoms with E-state index < -0.39 is 6.16 Å². The SMILES string of the molecule is CCCC(CCCCCCCOC(=O)O)c1ccccc1. The monoisotopic (exact) mass is 292 g/mol. The second kappa shape index (κ2) is 11.2. The van der Waals surface area contributed by atoms with Crippen LogP contribution in [0.5, 0.6) is 0 Å². The van der Waals surface area contributed by atoms with Crippen LogP contribution in [0.25, 0.3) is 0 Å². The summed E-state index contributed by atoms with van der Waals surface area (Å²) in [5.41, 5.74) is 1.47. The molecule has 0 aromatic heterocycles. The van der Waals surface area contributed by atoms with E-state index in [0.29, 0.717) is 12.5 Å². The molecule has 0 amide bonds. The van der Waals surface area contributed by atoms with Crippen LogP contribution in [0.15, 0.2) is 30.3 Å². The summed E-state index contributed by atoms with van der Waals surface area (Å²) in [6, 6.07) is 10.8. The highest BCUT2D eigenvalue weighted by atomic mass is 16.7. The summed E-state index contributed by atoms with van der Waals surface area (Å²) in [5.74, 6) is 0.687. The van der Waals surface area contributed by atoms with Gasteiger partial charge in [0.05, 0.1) is 6.61 Å². The van der Waals surface area contributed by atoms with Crippen molar-refractivity contribution < 1.29 is 14.6 Å². The first kappa shape index (κ1) is 17.5. The first-order chi connectivity index (χ1) is 10.2. The van der Waals surface area contributed by atoms with Crippen molar-refractivity contribution in [3.05, 3.63) is 35.9 Å². The highest BCUT2D eigenvalue weighted by molar-refractivity contribution is 5.56. The van der Waals surface area contributed by atoms with Gasteiger partial charge in [0.2, 0.25) is 0 Å². The van der Waals surface area contributed by atoms with Crippen LogP contribution in [0.4, 0.5) is 4.79 Å². The van der Waals surface area contributed by atoms with Gasteiger partial charge in [-0.15, -0.1) is 0 Å². The fourth-order valence-corrected chi connectivity index (χ4v) is 2.73. The van der Waals surface area contributed by atoms with E-state index in [1.165, 1.54) is 37.7 Å². The van der Waals surface area contributed by atoms with Gasteiger partial charge in [0.25, 0.3) is 0 Å². The third-order valence-electron chi connectivity index (χ3n) is 3.83. The summed E-state index contributed by atoms with van der Waals surface area (Å²) in [5, 5.41) is 8.35. The molecule has 1 rings (SSSR count). The van der Waals surface area contributed by atoms with E-state index in [4.69, 9.17) is 5.11 Å². The van der Waals surface area contributed by atoms with Crippen LogP contribution in [0.1, 0.15) is 69.8 Å². The summed E-state index contributed by atoms with van der Waals surface area (Å²) >= 11 is 0. The van der Waals surface area contributed by atoms with Crippen LogP contribution < -0.4 is 0 Å². The molecule has 0 bridgehead atoms. The van der Waals surface area contributed by atoms with Crippen LogP contribution in [0.2, 0.25) is 0 Å². The predicted octanol–water partition coefficient (Wildman–Crippen LogP) is 5.61. The Hall–Kier alpha value is -1.51. The highest BCUT2D eigenvalue weighted by Crippen LogP contribution is 2.27. The molecular formula is C18H28O3. The quantitative estimate of drug-likeness (QED) is 0.426. The third kappa shape index (κ3) is 8.38. The second-order valence-corrected chi connectivity index (χ2v) is 5.57. The molecule has 0 radical (unpaired) electrons. The average molecular weight is 292 g/mol. The molecule has 21 heavy (non-hydrogen) atoms. The summed E-state index contributed by atoms with van der Waals surface area (Å²) in [7, 11) is 0.